The lowest BCUT2D eigenvalue weighted by Crippen LogP contribution is -2.29. The van der Waals surface area contributed by atoms with Crippen LogP contribution in [0.2, 0.25) is 0 Å². The first-order valence-electron chi connectivity index (χ1n) is 7.38. The Morgan fingerprint density at radius 3 is 2.44 bits per heavy atom. The van der Waals surface area contributed by atoms with Crippen LogP contribution < -0.4 is 5.32 Å². The van der Waals surface area contributed by atoms with Gasteiger partial charge in [0.2, 0.25) is 11.7 Å². The maximum Gasteiger partial charge on any atom is 0.449 e. The number of para-hydroxylation sites is 2. The van der Waals surface area contributed by atoms with Crippen molar-refractivity contribution < 1.29 is 22.4 Å². The molecule has 0 saturated carbocycles. The van der Waals surface area contributed by atoms with Gasteiger partial charge in [-0.2, -0.15) is 13.2 Å². The van der Waals surface area contributed by atoms with Crippen LogP contribution in [0.1, 0.15) is 11.4 Å². The molecule has 1 heterocycles. The molecular formula is C17H13F4N3O. The van der Waals surface area contributed by atoms with E-state index in [1.54, 1.807) is 12.1 Å². The number of nitrogens with zero attached hydrogens (tertiary/aromatic N) is 2. The van der Waals surface area contributed by atoms with Gasteiger partial charge >= 0.3 is 6.18 Å². The van der Waals surface area contributed by atoms with Crippen LogP contribution in [0.25, 0.3) is 11.0 Å². The fraction of sp³-hybridized carbons (Fsp3) is 0.176. The van der Waals surface area contributed by atoms with Gasteiger partial charge in [0.15, 0.2) is 0 Å². The Balaban J connectivity index is 1.79. The third-order valence-electron chi connectivity index (χ3n) is 3.61. The Morgan fingerprint density at radius 2 is 1.76 bits per heavy atom. The van der Waals surface area contributed by atoms with E-state index in [-0.39, 0.29) is 17.6 Å². The molecule has 0 aliphatic carbocycles. The maximum atomic E-state index is 13.2. The molecule has 8 heteroatoms. The number of hydrogen-bond acceptors (Lipinski definition) is 2. The van der Waals surface area contributed by atoms with Crippen LogP contribution in [0.5, 0.6) is 0 Å². The topological polar surface area (TPSA) is 46.9 Å². The number of carbonyl (C=O) groups is 1. The molecule has 0 fully saturated rings. The second-order valence-electron chi connectivity index (χ2n) is 5.41. The minimum Gasteiger partial charge on any atom is -0.350 e. The molecule has 1 amide bonds. The van der Waals surface area contributed by atoms with Crippen molar-refractivity contribution in [3.8, 4) is 0 Å². The standard InChI is InChI=1S/C17H13F4N3O/c18-12-7-5-11(6-8-12)9-22-15(25)10-24-14-4-2-1-3-13(14)23-16(24)17(19,20)21/h1-8H,9-10H2,(H,22,25). The van der Waals surface area contributed by atoms with Crippen LogP contribution in [0, 0.1) is 5.82 Å². The number of imidazole rings is 1. The predicted molar refractivity (Wildman–Crippen MR) is 83.0 cm³/mol. The van der Waals surface area contributed by atoms with Crippen LogP contribution in [0.15, 0.2) is 48.5 Å². The van der Waals surface area contributed by atoms with E-state index in [9.17, 15) is 22.4 Å². The summed E-state index contributed by atoms with van der Waals surface area (Å²) in [6.07, 6.45) is -4.67. The zero-order chi connectivity index (χ0) is 18.0. The van der Waals surface area contributed by atoms with Gasteiger partial charge in [0.05, 0.1) is 11.0 Å². The molecule has 3 aromatic rings. The fourth-order valence-electron chi connectivity index (χ4n) is 2.45. The van der Waals surface area contributed by atoms with E-state index >= 15 is 0 Å². The van der Waals surface area contributed by atoms with E-state index in [0.717, 1.165) is 4.57 Å². The van der Waals surface area contributed by atoms with Crippen molar-refractivity contribution in [2.24, 2.45) is 0 Å². The van der Waals surface area contributed by atoms with Crippen LogP contribution >= 0.6 is 0 Å². The molecule has 0 saturated heterocycles. The smallest absolute Gasteiger partial charge is 0.350 e. The van der Waals surface area contributed by atoms with Crippen LogP contribution in [-0.2, 0) is 24.1 Å². The van der Waals surface area contributed by atoms with Gasteiger partial charge in [0.1, 0.15) is 12.4 Å². The molecule has 0 unspecified atom stereocenters. The molecule has 25 heavy (non-hydrogen) atoms. The highest BCUT2D eigenvalue weighted by molar-refractivity contribution is 5.81. The molecule has 0 bridgehead atoms. The number of amides is 1. The van der Waals surface area contributed by atoms with Crippen molar-refractivity contribution in [1.82, 2.24) is 14.9 Å². The second kappa shape index (κ2) is 6.54. The van der Waals surface area contributed by atoms with E-state index in [1.165, 1.54) is 36.4 Å². The largest absolute Gasteiger partial charge is 0.449 e. The van der Waals surface area contributed by atoms with Crippen molar-refractivity contribution in [3.05, 3.63) is 65.7 Å². The lowest BCUT2D eigenvalue weighted by Gasteiger charge is -2.11. The van der Waals surface area contributed by atoms with E-state index in [2.05, 4.69) is 10.3 Å². The Labute approximate surface area is 140 Å². The summed E-state index contributed by atoms with van der Waals surface area (Å²) in [6, 6.07) is 11.6. The Kier molecular flexibility index (Phi) is 4.43. The van der Waals surface area contributed by atoms with Crippen molar-refractivity contribution in [2.45, 2.75) is 19.3 Å². The molecule has 0 radical (unpaired) electrons. The average molecular weight is 351 g/mol. The van der Waals surface area contributed by atoms with Gasteiger partial charge in [-0.1, -0.05) is 24.3 Å². The summed E-state index contributed by atoms with van der Waals surface area (Å²) in [4.78, 5) is 15.7. The quantitative estimate of drug-likeness (QED) is 0.731. The summed E-state index contributed by atoms with van der Waals surface area (Å²) in [5, 5.41) is 2.52. The van der Waals surface area contributed by atoms with Crippen molar-refractivity contribution in [3.63, 3.8) is 0 Å². The summed E-state index contributed by atoms with van der Waals surface area (Å²) in [7, 11) is 0. The van der Waals surface area contributed by atoms with Crippen molar-refractivity contribution >= 4 is 16.9 Å². The minimum absolute atomic E-state index is 0.0904. The zero-order valence-electron chi connectivity index (χ0n) is 12.8. The van der Waals surface area contributed by atoms with E-state index in [4.69, 9.17) is 0 Å². The number of hydrogen-bond donors (Lipinski definition) is 1. The molecule has 2 aromatic carbocycles. The first kappa shape index (κ1) is 16.9. The SMILES string of the molecule is O=C(Cn1c(C(F)(F)F)nc2ccccc21)NCc1ccc(F)cc1. The average Bonchev–Trinajstić information content (AvgIpc) is 2.93. The number of benzene rings is 2. The number of aromatic nitrogens is 2. The monoisotopic (exact) mass is 351 g/mol. The minimum atomic E-state index is -4.67. The Hall–Kier alpha value is -2.90. The number of halogens is 4. The Morgan fingerprint density at radius 1 is 1.08 bits per heavy atom. The van der Waals surface area contributed by atoms with Gasteiger partial charge in [-0.05, 0) is 29.8 Å². The molecule has 0 aliphatic rings. The van der Waals surface area contributed by atoms with Crippen LogP contribution in [0.4, 0.5) is 17.6 Å². The summed E-state index contributed by atoms with van der Waals surface area (Å²) < 4.78 is 53.2. The van der Waals surface area contributed by atoms with Gasteiger partial charge in [0.25, 0.3) is 0 Å². The normalized spacial score (nSPS) is 11.7. The van der Waals surface area contributed by atoms with Gasteiger partial charge in [-0.15, -0.1) is 0 Å². The van der Waals surface area contributed by atoms with Crippen molar-refractivity contribution in [1.29, 1.82) is 0 Å². The Bertz CT molecular complexity index is 900. The van der Waals surface area contributed by atoms with Gasteiger partial charge < -0.3 is 9.88 Å². The first-order valence-corrected chi connectivity index (χ1v) is 7.38. The number of rotatable bonds is 4. The fourth-order valence-corrected chi connectivity index (χ4v) is 2.45. The molecule has 1 N–H and O–H groups in total. The molecule has 0 atom stereocenters. The third-order valence-corrected chi connectivity index (χ3v) is 3.61. The third kappa shape index (κ3) is 3.78. The number of nitrogens with one attached hydrogen (secondary N) is 1. The summed E-state index contributed by atoms with van der Waals surface area (Å²) in [5.74, 6) is -2.13. The van der Waals surface area contributed by atoms with Gasteiger partial charge in [-0.25, -0.2) is 9.37 Å². The molecule has 4 nitrogen and oxygen atoms in total. The zero-order valence-corrected chi connectivity index (χ0v) is 12.8. The second-order valence-corrected chi connectivity index (χ2v) is 5.41. The van der Waals surface area contributed by atoms with Gasteiger partial charge in [-0.3, -0.25) is 4.79 Å². The first-order chi connectivity index (χ1) is 11.8. The number of alkyl halides is 3. The number of fused-ring (bicyclic) bond motifs is 1. The molecule has 1 aromatic heterocycles. The van der Waals surface area contributed by atoms with E-state index in [0.29, 0.717) is 5.56 Å². The lowest BCUT2D eigenvalue weighted by molar-refractivity contribution is -0.147. The highest BCUT2D eigenvalue weighted by Gasteiger charge is 2.37. The van der Waals surface area contributed by atoms with E-state index in [1.807, 2.05) is 0 Å². The molecule has 0 aliphatic heterocycles. The molecular weight excluding hydrogens is 338 g/mol. The maximum absolute atomic E-state index is 13.2. The molecule has 3 rings (SSSR count). The highest BCUT2D eigenvalue weighted by Crippen LogP contribution is 2.31. The van der Waals surface area contributed by atoms with Crippen molar-refractivity contribution in [2.75, 3.05) is 0 Å². The molecule has 0 spiro atoms. The lowest BCUT2D eigenvalue weighted by atomic mass is 10.2. The highest BCUT2D eigenvalue weighted by atomic mass is 19.4. The van der Waals surface area contributed by atoms with Crippen LogP contribution in [-0.4, -0.2) is 15.5 Å². The predicted octanol–water partition coefficient (Wildman–Crippen LogP) is 3.51. The number of carbonyl (C=O) groups excluding carboxylic acids is 1. The summed E-state index contributed by atoms with van der Waals surface area (Å²) in [5.41, 5.74) is 1.04. The van der Waals surface area contributed by atoms with Crippen LogP contribution in [0.3, 0.4) is 0 Å². The molecule has 130 valence electrons. The summed E-state index contributed by atoms with van der Waals surface area (Å²) in [6.45, 7) is -0.427. The summed E-state index contributed by atoms with van der Waals surface area (Å²) >= 11 is 0. The van der Waals surface area contributed by atoms with E-state index < -0.39 is 30.3 Å². The van der Waals surface area contributed by atoms with Gasteiger partial charge in [0, 0.05) is 6.54 Å².